The second kappa shape index (κ2) is 3.74. The van der Waals surface area contributed by atoms with Crippen molar-refractivity contribution in [2.24, 2.45) is 0 Å². The molecule has 90 valence electrons. The fourth-order valence-electron chi connectivity index (χ4n) is 2.77. The molecule has 0 aromatic heterocycles. The van der Waals surface area contributed by atoms with Crippen LogP contribution in [0.15, 0.2) is 30.3 Å². The Bertz CT molecular complexity index is 660. The highest BCUT2D eigenvalue weighted by molar-refractivity contribution is 6.43. The highest BCUT2D eigenvalue weighted by atomic mass is 35.5. The Morgan fingerprint density at radius 1 is 1.17 bits per heavy atom. The largest absolute Gasteiger partial charge is 0.368 e. The number of halogens is 2. The zero-order valence-electron chi connectivity index (χ0n) is 9.54. The van der Waals surface area contributed by atoms with E-state index >= 15 is 0 Å². The first kappa shape index (κ1) is 10.9. The Morgan fingerprint density at radius 3 is 2.72 bits per heavy atom. The Labute approximate surface area is 115 Å². The highest BCUT2D eigenvalue weighted by Gasteiger charge is 2.33. The van der Waals surface area contributed by atoms with Gasteiger partial charge in [0.2, 0.25) is 0 Å². The predicted octanol–water partition coefficient (Wildman–Crippen LogP) is 4.64. The van der Waals surface area contributed by atoms with Gasteiger partial charge < -0.3 is 4.74 Å². The minimum Gasteiger partial charge on any atom is -0.368 e. The van der Waals surface area contributed by atoms with Gasteiger partial charge in [-0.3, -0.25) is 0 Å². The molecule has 0 amide bonds. The molecule has 1 fully saturated rings. The molecule has 2 aromatic carbocycles. The van der Waals surface area contributed by atoms with Crippen LogP contribution in [0.2, 0.25) is 10.0 Å². The maximum absolute atomic E-state index is 6.35. The molecule has 0 N–H and O–H groups in total. The molecule has 1 aliphatic heterocycles. The summed E-state index contributed by atoms with van der Waals surface area (Å²) in [4.78, 5) is 0. The first-order valence-corrected chi connectivity index (χ1v) is 6.72. The third-order valence-corrected chi connectivity index (χ3v) is 4.51. The van der Waals surface area contributed by atoms with Crippen LogP contribution >= 0.6 is 23.2 Å². The zero-order chi connectivity index (χ0) is 12.3. The number of hydrogen-bond acceptors (Lipinski definition) is 1. The molecule has 1 aliphatic carbocycles. The molecule has 0 bridgehead atoms. The third kappa shape index (κ3) is 1.45. The number of fused-ring (bicyclic) bond motifs is 3. The normalized spacial score (nSPS) is 19.6. The minimum absolute atomic E-state index is 0.194. The van der Waals surface area contributed by atoms with E-state index in [2.05, 4.69) is 24.3 Å². The molecule has 1 nitrogen and oxygen atoms in total. The molecule has 1 heterocycles. The molecule has 2 aliphatic rings. The van der Waals surface area contributed by atoms with E-state index in [9.17, 15) is 0 Å². The average molecular weight is 277 g/mol. The van der Waals surface area contributed by atoms with E-state index in [1.807, 2.05) is 6.07 Å². The van der Waals surface area contributed by atoms with Gasteiger partial charge in [-0.05, 0) is 33.9 Å². The summed E-state index contributed by atoms with van der Waals surface area (Å²) in [5.41, 5.74) is 6.16. The van der Waals surface area contributed by atoms with Gasteiger partial charge in [-0.25, -0.2) is 0 Å². The van der Waals surface area contributed by atoms with E-state index < -0.39 is 0 Å². The molecular weight excluding hydrogens is 267 g/mol. The monoisotopic (exact) mass is 276 g/mol. The van der Waals surface area contributed by atoms with Crippen LogP contribution in [-0.2, 0) is 11.2 Å². The number of ether oxygens (including phenoxy) is 1. The lowest BCUT2D eigenvalue weighted by Gasteiger charge is -2.10. The summed E-state index contributed by atoms with van der Waals surface area (Å²) >= 11 is 12.6. The predicted molar refractivity (Wildman–Crippen MR) is 73.4 cm³/mol. The average Bonchev–Trinajstić information content (AvgIpc) is 3.14. The van der Waals surface area contributed by atoms with Crippen molar-refractivity contribution in [1.82, 2.24) is 0 Å². The molecule has 1 saturated heterocycles. The van der Waals surface area contributed by atoms with Crippen LogP contribution in [0.5, 0.6) is 0 Å². The maximum atomic E-state index is 6.35. The summed E-state index contributed by atoms with van der Waals surface area (Å²) in [6.45, 7) is 0.784. The van der Waals surface area contributed by atoms with Crippen molar-refractivity contribution in [2.45, 2.75) is 12.5 Å². The fraction of sp³-hybridized carbons (Fsp3) is 0.200. The molecule has 4 rings (SSSR count). The lowest BCUT2D eigenvalue weighted by atomic mass is 9.97. The smallest absolute Gasteiger partial charge is 0.107 e. The molecule has 0 saturated carbocycles. The van der Waals surface area contributed by atoms with E-state index in [1.165, 1.54) is 22.3 Å². The van der Waals surface area contributed by atoms with Gasteiger partial charge >= 0.3 is 0 Å². The lowest BCUT2D eigenvalue weighted by molar-refractivity contribution is 0.416. The van der Waals surface area contributed by atoms with Crippen LogP contribution < -0.4 is 0 Å². The van der Waals surface area contributed by atoms with E-state index in [4.69, 9.17) is 27.9 Å². The summed E-state index contributed by atoms with van der Waals surface area (Å²) in [7, 11) is 0. The Kier molecular flexibility index (Phi) is 2.25. The van der Waals surface area contributed by atoms with Gasteiger partial charge in [-0.1, -0.05) is 47.5 Å². The standard InChI is InChI=1S/C15H10Cl2O/c16-12-6-10(13-7-18-13)14-9-4-2-1-3-8(9)5-11(14)15(12)17/h1-4,6,13H,5,7H2. The minimum atomic E-state index is 0.194. The van der Waals surface area contributed by atoms with E-state index in [-0.39, 0.29) is 6.10 Å². The van der Waals surface area contributed by atoms with Crippen molar-refractivity contribution in [1.29, 1.82) is 0 Å². The van der Waals surface area contributed by atoms with Crippen LogP contribution in [0.1, 0.15) is 22.8 Å². The fourth-order valence-corrected chi connectivity index (χ4v) is 3.22. The summed E-state index contributed by atoms with van der Waals surface area (Å²) in [5, 5.41) is 1.32. The number of rotatable bonds is 1. The van der Waals surface area contributed by atoms with Gasteiger partial charge in [0.1, 0.15) is 6.10 Å². The van der Waals surface area contributed by atoms with Crippen molar-refractivity contribution in [2.75, 3.05) is 6.61 Å². The van der Waals surface area contributed by atoms with Crippen LogP contribution in [0.25, 0.3) is 11.1 Å². The van der Waals surface area contributed by atoms with Crippen molar-refractivity contribution in [3.05, 3.63) is 57.1 Å². The molecule has 3 heteroatoms. The molecular formula is C15H10Cl2O. The molecule has 0 radical (unpaired) electrons. The van der Waals surface area contributed by atoms with Crippen LogP contribution in [0, 0.1) is 0 Å². The Balaban J connectivity index is 2.05. The zero-order valence-corrected chi connectivity index (χ0v) is 11.1. The lowest BCUT2D eigenvalue weighted by Crippen LogP contribution is -1.91. The third-order valence-electron chi connectivity index (χ3n) is 3.68. The number of hydrogen-bond donors (Lipinski definition) is 0. The Morgan fingerprint density at radius 2 is 1.94 bits per heavy atom. The Hall–Kier alpha value is -1.02. The molecule has 0 spiro atoms. The molecule has 2 aromatic rings. The first-order valence-electron chi connectivity index (χ1n) is 5.96. The molecule has 18 heavy (non-hydrogen) atoms. The van der Waals surface area contributed by atoms with Gasteiger partial charge in [0.25, 0.3) is 0 Å². The number of benzene rings is 2. The van der Waals surface area contributed by atoms with Gasteiger partial charge in [0.15, 0.2) is 0 Å². The summed E-state index contributed by atoms with van der Waals surface area (Å²) in [6, 6.07) is 10.4. The van der Waals surface area contributed by atoms with E-state index in [0.717, 1.165) is 18.6 Å². The van der Waals surface area contributed by atoms with Crippen LogP contribution in [0.3, 0.4) is 0 Å². The van der Waals surface area contributed by atoms with Crippen molar-refractivity contribution >= 4 is 23.2 Å². The van der Waals surface area contributed by atoms with Gasteiger partial charge in [-0.2, -0.15) is 0 Å². The SMILES string of the molecule is Clc1cc(C2CO2)c2c(c1Cl)Cc1ccccc1-2. The van der Waals surface area contributed by atoms with Crippen molar-refractivity contribution in [3.8, 4) is 11.1 Å². The molecule has 1 atom stereocenters. The summed E-state index contributed by atoms with van der Waals surface area (Å²) in [6.07, 6.45) is 1.06. The van der Waals surface area contributed by atoms with Gasteiger partial charge in [0.05, 0.1) is 16.7 Å². The van der Waals surface area contributed by atoms with Crippen LogP contribution in [-0.4, -0.2) is 6.61 Å². The van der Waals surface area contributed by atoms with E-state index in [1.54, 1.807) is 0 Å². The van der Waals surface area contributed by atoms with Crippen molar-refractivity contribution in [3.63, 3.8) is 0 Å². The highest BCUT2D eigenvalue weighted by Crippen LogP contribution is 2.49. The maximum Gasteiger partial charge on any atom is 0.107 e. The summed E-state index contributed by atoms with van der Waals surface area (Å²) < 4.78 is 5.43. The molecule has 1 unspecified atom stereocenters. The second-order valence-corrected chi connectivity index (χ2v) is 5.56. The van der Waals surface area contributed by atoms with Crippen LogP contribution in [0.4, 0.5) is 0 Å². The number of epoxide rings is 1. The van der Waals surface area contributed by atoms with Crippen molar-refractivity contribution < 1.29 is 4.74 Å². The first-order chi connectivity index (χ1) is 8.75. The quantitative estimate of drug-likeness (QED) is 0.590. The van der Waals surface area contributed by atoms with Gasteiger partial charge in [-0.15, -0.1) is 0 Å². The second-order valence-electron chi connectivity index (χ2n) is 4.77. The summed E-state index contributed by atoms with van der Waals surface area (Å²) in [5.74, 6) is 0. The van der Waals surface area contributed by atoms with E-state index in [0.29, 0.717) is 10.0 Å². The van der Waals surface area contributed by atoms with Gasteiger partial charge in [0, 0.05) is 6.42 Å². The topological polar surface area (TPSA) is 12.5 Å².